The number of aromatic nitrogens is 2. The summed E-state index contributed by atoms with van der Waals surface area (Å²) in [6, 6.07) is 18.9. The second kappa shape index (κ2) is 11.2. The van der Waals surface area contributed by atoms with E-state index >= 15 is 0 Å². The Labute approximate surface area is 210 Å². The van der Waals surface area contributed by atoms with Gasteiger partial charge in [0.25, 0.3) is 5.91 Å². The number of nitrogens with zero attached hydrogens (tertiary/aromatic N) is 1. The highest BCUT2D eigenvalue weighted by Crippen LogP contribution is 2.25. The summed E-state index contributed by atoms with van der Waals surface area (Å²) in [6.45, 7) is 4.82. The smallest absolute Gasteiger partial charge is 0.252 e. The number of aliphatic hydroxyl groups excluding tert-OH is 1. The second-order valence-electron chi connectivity index (χ2n) is 9.31. The van der Waals surface area contributed by atoms with Crippen molar-refractivity contribution in [3.05, 3.63) is 84.2 Å². The van der Waals surface area contributed by atoms with E-state index < -0.39 is 6.10 Å². The maximum Gasteiger partial charge on any atom is 0.252 e. The normalized spacial score (nSPS) is 12.3. The van der Waals surface area contributed by atoms with E-state index in [-0.39, 0.29) is 18.1 Å². The Morgan fingerprint density at radius 1 is 1.11 bits per heavy atom. The Bertz CT molecular complexity index is 1280. The minimum atomic E-state index is -0.642. The molecule has 2 heterocycles. The van der Waals surface area contributed by atoms with Gasteiger partial charge in [0.2, 0.25) is 5.88 Å². The average Bonchev–Trinajstić information content (AvgIpc) is 3.37. The molecule has 4 rings (SSSR count). The van der Waals surface area contributed by atoms with Crippen molar-refractivity contribution < 1.29 is 19.4 Å². The lowest BCUT2D eigenvalue weighted by Crippen LogP contribution is -2.46. The van der Waals surface area contributed by atoms with Crippen LogP contribution >= 0.6 is 0 Å². The van der Waals surface area contributed by atoms with Gasteiger partial charge in [0.15, 0.2) is 0 Å². The van der Waals surface area contributed by atoms with Crippen molar-refractivity contribution in [3.63, 3.8) is 0 Å². The van der Waals surface area contributed by atoms with E-state index in [0.29, 0.717) is 23.7 Å². The number of amides is 1. The molecule has 1 amide bonds. The van der Waals surface area contributed by atoms with Crippen molar-refractivity contribution in [2.75, 3.05) is 20.2 Å². The second-order valence-corrected chi connectivity index (χ2v) is 9.31. The molecule has 0 spiro atoms. The fourth-order valence-electron chi connectivity index (χ4n) is 3.91. The largest absolute Gasteiger partial charge is 0.490 e. The van der Waals surface area contributed by atoms with Crippen LogP contribution in [0, 0.1) is 0 Å². The van der Waals surface area contributed by atoms with E-state index in [1.807, 2.05) is 54.7 Å². The van der Waals surface area contributed by atoms with Crippen LogP contribution < -0.4 is 20.1 Å². The molecule has 4 N–H and O–H groups in total. The first-order valence-electron chi connectivity index (χ1n) is 11.9. The van der Waals surface area contributed by atoms with Crippen LogP contribution in [0.25, 0.3) is 10.9 Å². The number of hydrogen-bond acceptors (Lipinski definition) is 6. The highest BCUT2D eigenvalue weighted by molar-refractivity contribution is 5.93. The van der Waals surface area contributed by atoms with Crippen molar-refractivity contribution in [1.29, 1.82) is 0 Å². The summed E-state index contributed by atoms with van der Waals surface area (Å²) in [5.41, 5.74) is 2.38. The number of carbonyl (C=O) groups excluding carboxylic acids is 1. The van der Waals surface area contributed by atoms with Crippen LogP contribution in [0.15, 0.2) is 73.1 Å². The van der Waals surface area contributed by atoms with Gasteiger partial charge in [-0.25, -0.2) is 4.98 Å². The van der Waals surface area contributed by atoms with Crippen LogP contribution in [0.1, 0.15) is 29.8 Å². The molecule has 0 fully saturated rings. The topological polar surface area (TPSA) is 109 Å². The minimum Gasteiger partial charge on any atom is -0.490 e. The number of nitrogens with one attached hydrogen (secondary N) is 3. The zero-order chi connectivity index (χ0) is 25.5. The summed E-state index contributed by atoms with van der Waals surface area (Å²) in [6.07, 6.45) is 3.48. The van der Waals surface area contributed by atoms with Crippen LogP contribution in [-0.4, -0.2) is 52.8 Å². The van der Waals surface area contributed by atoms with Crippen LogP contribution in [-0.2, 0) is 6.42 Å². The molecule has 0 aliphatic carbocycles. The van der Waals surface area contributed by atoms with Gasteiger partial charge in [-0.3, -0.25) is 4.79 Å². The SMILES string of the molecule is CNC(=O)c1ccc(Oc2ccc(CC(C)(C)NC[C@@H](O)COc3cccc4[nH]ccc34)cc2)nc1. The summed E-state index contributed by atoms with van der Waals surface area (Å²) in [5, 5.41) is 17.5. The molecule has 0 unspecified atom stereocenters. The molecule has 1 atom stereocenters. The third kappa shape index (κ3) is 6.62. The summed E-state index contributed by atoms with van der Waals surface area (Å²) in [4.78, 5) is 19.0. The third-order valence-electron chi connectivity index (χ3n) is 5.82. The van der Waals surface area contributed by atoms with Gasteiger partial charge in [-0.05, 0) is 62.2 Å². The predicted molar refractivity (Wildman–Crippen MR) is 140 cm³/mol. The van der Waals surface area contributed by atoms with E-state index in [1.54, 1.807) is 19.2 Å². The van der Waals surface area contributed by atoms with Gasteiger partial charge in [-0.1, -0.05) is 18.2 Å². The van der Waals surface area contributed by atoms with E-state index in [2.05, 4.69) is 34.4 Å². The molecular formula is C28H32N4O4. The molecular weight excluding hydrogens is 456 g/mol. The van der Waals surface area contributed by atoms with Crippen LogP contribution in [0.5, 0.6) is 17.4 Å². The number of aliphatic hydroxyl groups is 1. The maximum absolute atomic E-state index is 11.6. The number of β-amino-alcohol motifs (C(OH)–C–C–N with tert-alkyl or cyclic N) is 1. The average molecular weight is 489 g/mol. The van der Waals surface area contributed by atoms with E-state index in [0.717, 1.165) is 28.6 Å². The summed E-state index contributed by atoms with van der Waals surface area (Å²) in [7, 11) is 1.58. The van der Waals surface area contributed by atoms with Crippen molar-refractivity contribution >= 4 is 16.8 Å². The monoisotopic (exact) mass is 488 g/mol. The maximum atomic E-state index is 11.6. The van der Waals surface area contributed by atoms with E-state index in [1.165, 1.54) is 6.20 Å². The zero-order valence-corrected chi connectivity index (χ0v) is 20.7. The Kier molecular flexibility index (Phi) is 7.87. The molecule has 0 saturated heterocycles. The molecule has 0 aliphatic heterocycles. The standard InChI is InChI=1S/C28H32N4O4/c1-28(2,32-17-21(33)18-35-25-6-4-5-24-23(25)13-14-30-24)15-19-7-10-22(11-8-19)36-26-12-9-20(16-31-26)27(34)29-3/h4-14,16,21,30,32-33H,15,17-18H2,1-3H3,(H,29,34)/t21-/m1/s1. The molecule has 4 aromatic rings. The molecule has 36 heavy (non-hydrogen) atoms. The summed E-state index contributed by atoms with van der Waals surface area (Å²) in [5.74, 6) is 1.65. The fourth-order valence-corrected chi connectivity index (χ4v) is 3.91. The summed E-state index contributed by atoms with van der Waals surface area (Å²) < 4.78 is 11.6. The van der Waals surface area contributed by atoms with Gasteiger partial charge in [0.05, 0.1) is 5.56 Å². The molecule has 2 aromatic carbocycles. The number of H-pyrrole nitrogens is 1. The van der Waals surface area contributed by atoms with Crippen LogP contribution in [0.4, 0.5) is 0 Å². The first kappa shape index (κ1) is 25.2. The zero-order valence-electron chi connectivity index (χ0n) is 20.7. The van der Waals surface area contributed by atoms with Crippen molar-refractivity contribution in [3.8, 4) is 17.4 Å². The van der Waals surface area contributed by atoms with Gasteiger partial charge in [-0.15, -0.1) is 0 Å². The lowest BCUT2D eigenvalue weighted by molar-refractivity contribution is 0.0962. The molecule has 8 heteroatoms. The Balaban J connectivity index is 1.24. The number of hydrogen-bond donors (Lipinski definition) is 4. The fraction of sp³-hybridized carbons (Fsp3) is 0.286. The van der Waals surface area contributed by atoms with Gasteiger partial charge >= 0.3 is 0 Å². The molecule has 0 aliphatic rings. The molecule has 8 nitrogen and oxygen atoms in total. The van der Waals surface area contributed by atoms with Crippen LogP contribution in [0.3, 0.4) is 0 Å². The van der Waals surface area contributed by atoms with Gasteiger partial charge < -0.3 is 30.2 Å². The van der Waals surface area contributed by atoms with Crippen LogP contribution in [0.2, 0.25) is 0 Å². The van der Waals surface area contributed by atoms with Crippen molar-refractivity contribution in [2.24, 2.45) is 0 Å². The first-order chi connectivity index (χ1) is 17.3. The summed E-state index contributed by atoms with van der Waals surface area (Å²) >= 11 is 0. The first-order valence-corrected chi connectivity index (χ1v) is 11.9. The highest BCUT2D eigenvalue weighted by Gasteiger charge is 2.20. The minimum absolute atomic E-state index is 0.191. The lowest BCUT2D eigenvalue weighted by Gasteiger charge is -2.28. The number of pyridine rings is 1. The van der Waals surface area contributed by atoms with Crippen molar-refractivity contribution in [1.82, 2.24) is 20.6 Å². The van der Waals surface area contributed by atoms with Gasteiger partial charge in [-0.2, -0.15) is 0 Å². The molecule has 2 aromatic heterocycles. The predicted octanol–water partition coefficient (Wildman–Crippen LogP) is 4.07. The number of ether oxygens (including phenoxy) is 2. The van der Waals surface area contributed by atoms with Gasteiger partial charge in [0.1, 0.15) is 24.2 Å². The Morgan fingerprint density at radius 3 is 2.64 bits per heavy atom. The van der Waals surface area contributed by atoms with Gasteiger partial charge in [0, 0.05) is 48.5 Å². The Hall–Kier alpha value is -3.88. The third-order valence-corrected chi connectivity index (χ3v) is 5.82. The lowest BCUT2D eigenvalue weighted by atomic mass is 9.94. The highest BCUT2D eigenvalue weighted by atomic mass is 16.5. The number of aromatic amines is 1. The molecule has 188 valence electrons. The van der Waals surface area contributed by atoms with E-state index in [9.17, 15) is 9.90 Å². The number of rotatable bonds is 11. The molecule has 0 radical (unpaired) electrons. The Morgan fingerprint density at radius 2 is 1.92 bits per heavy atom. The number of benzene rings is 2. The van der Waals surface area contributed by atoms with Crippen molar-refractivity contribution in [2.45, 2.75) is 31.9 Å². The molecule has 0 bridgehead atoms. The molecule has 0 saturated carbocycles. The quantitative estimate of drug-likeness (QED) is 0.254. The number of fused-ring (bicyclic) bond motifs is 1. The van der Waals surface area contributed by atoms with E-state index in [4.69, 9.17) is 9.47 Å². The number of carbonyl (C=O) groups is 1.